The van der Waals surface area contributed by atoms with Crippen molar-refractivity contribution < 1.29 is 90.9 Å². The molecule has 0 heterocycles. The Morgan fingerprint density at radius 3 is 0.971 bits per heavy atom. The summed E-state index contributed by atoms with van der Waals surface area (Å²) in [4.78, 5) is 112. The predicted molar refractivity (Wildman–Crippen MR) is 236 cm³/mol. The summed E-state index contributed by atoms with van der Waals surface area (Å²) in [7, 11) is 0. The number of carboxylic acids is 1. The summed E-state index contributed by atoms with van der Waals surface area (Å²) in [6.45, 7) is 10.4. The quantitative estimate of drug-likeness (QED) is 0.103. The first-order valence-electron chi connectivity index (χ1n) is 20.1. The Morgan fingerprint density at radius 1 is 0.397 bits per heavy atom. The molecule has 0 radical (unpaired) electrons. The van der Waals surface area contributed by atoms with Crippen LogP contribution in [0.25, 0.3) is 0 Å². The smallest absolute Gasteiger partial charge is 0.308 e. The van der Waals surface area contributed by atoms with E-state index in [-0.39, 0.29) is 71.3 Å². The summed E-state index contributed by atoms with van der Waals surface area (Å²) < 4.78 is 39.7. The number of carbonyl (C=O) groups excluding carboxylic acids is 9. The fourth-order valence-electron chi connectivity index (χ4n) is 5.38. The van der Waals surface area contributed by atoms with E-state index in [1.165, 1.54) is 97.9 Å². The van der Waals surface area contributed by atoms with Crippen molar-refractivity contribution in [3.63, 3.8) is 0 Å². The van der Waals surface area contributed by atoms with Gasteiger partial charge in [0.2, 0.25) is 5.91 Å². The molecule has 1 amide bonds. The molecule has 0 aromatic heterocycles. The average molecular weight is 947 g/mol. The minimum Gasteiger partial charge on any atom is -0.481 e. The van der Waals surface area contributed by atoms with Gasteiger partial charge in [-0.05, 0) is 83.8 Å². The second-order valence-corrected chi connectivity index (χ2v) is 13.9. The number of nitrogens with two attached hydrogens (primary N) is 1. The van der Waals surface area contributed by atoms with Crippen LogP contribution in [0.1, 0.15) is 77.6 Å². The lowest BCUT2D eigenvalue weighted by Crippen LogP contribution is -2.24. The van der Waals surface area contributed by atoms with E-state index >= 15 is 0 Å². The molecule has 0 fully saturated rings. The fraction of sp³-hybridized carbons (Fsp3) is 0.277. The summed E-state index contributed by atoms with van der Waals surface area (Å²) in [5.74, 6) is -5.01. The van der Waals surface area contributed by atoms with E-state index in [1.54, 1.807) is 30.3 Å². The van der Waals surface area contributed by atoms with Crippen LogP contribution in [-0.2, 0) is 73.8 Å². The van der Waals surface area contributed by atoms with Gasteiger partial charge in [-0.2, -0.15) is 0 Å². The molecule has 21 nitrogen and oxygen atoms in total. The highest BCUT2D eigenvalue weighted by molar-refractivity contribution is 5.80. The molecule has 0 aliphatic carbocycles. The molecule has 68 heavy (non-hydrogen) atoms. The van der Waals surface area contributed by atoms with Crippen molar-refractivity contribution in [2.75, 3.05) is 6.54 Å². The normalized spacial score (nSPS) is 9.90. The van der Waals surface area contributed by atoms with Crippen LogP contribution in [0.3, 0.4) is 0 Å². The molecule has 4 N–H and O–H groups in total. The van der Waals surface area contributed by atoms with Crippen molar-refractivity contribution in [1.29, 1.82) is 0 Å². The zero-order valence-electron chi connectivity index (χ0n) is 38.3. The fourth-order valence-corrected chi connectivity index (χ4v) is 5.38. The van der Waals surface area contributed by atoms with E-state index in [0.717, 1.165) is 5.56 Å². The van der Waals surface area contributed by atoms with Crippen LogP contribution in [-0.4, -0.2) is 71.3 Å². The van der Waals surface area contributed by atoms with Gasteiger partial charge in [0.05, 0.1) is 12.8 Å². The van der Waals surface area contributed by atoms with Crippen LogP contribution >= 0.6 is 0 Å². The van der Waals surface area contributed by atoms with Crippen molar-refractivity contribution in [3.05, 3.63) is 95.1 Å². The first kappa shape index (κ1) is 55.7. The van der Waals surface area contributed by atoms with Gasteiger partial charge in [-0.15, -0.1) is 0 Å². The average Bonchev–Trinajstić information content (AvgIpc) is 3.20. The van der Waals surface area contributed by atoms with Gasteiger partial charge in [0, 0.05) is 61.9 Å². The molecular weight excluding hydrogens is 897 g/mol. The van der Waals surface area contributed by atoms with Gasteiger partial charge in [0.15, 0.2) is 46.0 Å². The molecule has 0 spiro atoms. The highest BCUT2D eigenvalue weighted by atomic mass is 16.6. The number of rotatable bonds is 16. The number of carbonyl (C=O) groups is 10. The lowest BCUT2D eigenvalue weighted by molar-refractivity contribution is -0.136. The molecule has 4 aromatic rings. The van der Waals surface area contributed by atoms with Gasteiger partial charge < -0.3 is 54.1 Å². The molecule has 21 heteroatoms. The van der Waals surface area contributed by atoms with E-state index in [9.17, 15) is 47.9 Å². The van der Waals surface area contributed by atoms with Gasteiger partial charge in [0.25, 0.3) is 0 Å². The third-order valence-corrected chi connectivity index (χ3v) is 7.70. The van der Waals surface area contributed by atoms with E-state index in [4.69, 9.17) is 48.7 Å². The maximum atomic E-state index is 12.4. The number of esters is 8. The topological polar surface area (TPSA) is 303 Å². The molecule has 362 valence electrons. The molecule has 4 aromatic carbocycles. The molecule has 0 atom stereocenters. The van der Waals surface area contributed by atoms with Gasteiger partial charge in [-0.1, -0.05) is 24.3 Å². The Balaban J connectivity index is 0.000000383. The Morgan fingerprint density at radius 2 is 0.662 bits per heavy atom. The number of nitrogens with one attached hydrogen (secondary N) is 1. The summed E-state index contributed by atoms with van der Waals surface area (Å²) in [5, 5.41) is 11.4. The summed E-state index contributed by atoms with van der Waals surface area (Å²) in [6, 6.07) is 18.2. The Kier molecular flexibility index (Phi) is 22.7. The van der Waals surface area contributed by atoms with Crippen molar-refractivity contribution in [2.24, 2.45) is 5.73 Å². The Hall–Kier alpha value is -8.46. The molecule has 0 saturated carbocycles. The zero-order valence-corrected chi connectivity index (χ0v) is 38.3. The third kappa shape index (κ3) is 22.0. The van der Waals surface area contributed by atoms with Crippen molar-refractivity contribution >= 4 is 59.6 Å². The summed E-state index contributed by atoms with van der Waals surface area (Å²) in [6.07, 6.45) is 0.403. The monoisotopic (exact) mass is 946 g/mol. The molecule has 0 aliphatic heterocycles. The van der Waals surface area contributed by atoms with E-state index in [0.29, 0.717) is 29.7 Å². The number of carboxylic acid groups (broad SMARTS) is 1. The highest BCUT2D eigenvalue weighted by Gasteiger charge is 2.16. The second-order valence-electron chi connectivity index (χ2n) is 13.9. The van der Waals surface area contributed by atoms with Gasteiger partial charge in [-0.3, -0.25) is 47.9 Å². The molecule has 0 unspecified atom stereocenters. The highest BCUT2D eigenvalue weighted by Crippen LogP contribution is 2.32. The van der Waals surface area contributed by atoms with Gasteiger partial charge >= 0.3 is 53.7 Å². The lowest BCUT2D eigenvalue weighted by atomic mass is 10.1. The van der Waals surface area contributed by atoms with Gasteiger partial charge in [0.1, 0.15) is 0 Å². The van der Waals surface area contributed by atoms with Crippen LogP contribution in [0, 0.1) is 0 Å². The van der Waals surface area contributed by atoms with Crippen LogP contribution in [0.2, 0.25) is 0 Å². The van der Waals surface area contributed by atoms with E-state index in [1.807, 2.05) is 0 Å². The first-order chi connectivity index (χ1) is 31.9. The molecule has 0 saturated heterocycles. The van der Waals surface area contributed by atoms with Crippen molar-refractivity contribution in [1.82, 2.24) is 5.32 Å². The minimum atomic E-state index is -1.01. The minimum absolute atomic E-state index is 0.0232. The predicted octanol–water partition coefficient (Wildman–Crippen LogP) is 4.45. The maximum Gasteiger partial charge on any atom is 0.308 e. The van der Waals surface area contributed by atoms with E-state index < -0.39 is 53.7 Å². The van der Waals surface area contributed by atoms with Crippen LogP contribution in [0.5, 0.6) is 46.0 Å². The number of amides is 1. The summed E-state index contributed by atoms with van der Waals surface area (Å²) >= 11 is 0. The molecule has 4 rings (SSSR count). The van der Waals surface area contributed by atoms with Crippen LogP contribution in [0.15, 0.2) is 72.8 Å². The van der Waals surface area contributed by atoms with Crippen LogP contribution in [0.4, 0.5) is 0 Å². The molecule has 0 bridgehead atoms. The number of aliphatic carboxylic acids is 1. The number of hydrogen-bond donors (Lipinski definition) is 3. The maximum absolute atomic E-state index is 12.4. The summed E-state index contributed by atoms with van der Waals surface area (Å²) in [5.41, 5.74) is 7.91. The molecular formula is C47H50N2O19. The lowest BCUT2D eigenvalue weighted by Gasteiger charge is -2.12. The zero-order chi connectivity index (χ0) is 51.1. The standard InChI is InChI=1S/C23H23NO9.C12H15NO4.C12H12O6/c1-13(25)30-19-7-5-17(9-21(19)32-15(3)27)11-23(29)24-12-18-6-8-20(31-14(2)26)22(10-18)33-16(4)28;1-8(14)16-11-4-3-10(5-6-13)7-12(11)17-9(2)15;1-7(13)17-10-4-3-9(6-12(15)16)5-11(10)18-8(2)14/h5-10H,11-12H2,1-4H3,(H,24,29);3-4,7H,5-6,13H2,1-2H3;3-5H,6H2,1-2H3,(H,15,16). The Bertz CT molecular complexity index is 2530. The van der Waals surface area contributed by atoms with Crippen LogP contribution < -0.4 is 48.9 Å². The number of hydrogen-bond acceptors (Lipinski definition) is 19. The van der Waals surface area contributed by atoms with Crippen molar-refractivity contribution in [3.8, 4) is 46.0 Å². The Labute approximate surface area is 389 Å². The molecule has 0 aliphatic rings. The van der Waals surface area contributed by atoms with Gasteiger partial charge in [-0.25, -0.2) is 0 Å². The third-order valence-electron chi connectivity index (χ3n) is 7.70. The van der Waals surface area contributed by atoms with E-state index in [2.05, 4.69) is 5.32 Å². The van der Waals surface area contributed by atoms with Crippen molar-refractivity contribution in [2.45, 2.75) is 81.2 Å². The second kappa shape index (κ2) is 27.8. The SMILES string of the molecule is CC(=O)Oc1ccc(CC(=O)O)cc1OC(C)=O.CC(=O)Oc1ccc(CCN)cc1OC(C)=O.CC(=O)Oc1ccc(CNC(=O)Cc2ccc(OC(C)=O)c(OC(C)=O)c2)cc1OC(C)=O. The first-order valence-corrected chi connectivity index (χ1v) is 20.1. The number of ether oxygens (including phenoxy) is 8. The number of benzene rings is 4. The largest absolute Gasteiger partial charge is 0.481 e.